The largest absolute Gasteiger partial charge is 0.487 e. The van der Waals surface area contributed by atoms with E-state index in [1.165, 1.54) is 24.3 Å². The normalized spacial score (nSPS) is 17.5. The highest BCUT2D eigenvalue weighted by Crippen LogP contribution is 2.15. The van der Waals surface area contributed by atoms with Crippen molar-refractivity contribution >= 4 is 14.9 Å². The molecule has 0 spiro atoms. The molecule has 2 N–H and O–H groups in total. The summed E-state index contributed by atoms with van der Waals surface area (Å²) in [5.41, 5.74) is 5.25. The van der Waals surface area contributed by atoms with Crippen LogP contribution >= 0.6 is 0 Å². The minimum atomic E-state index is -3.65. The number of nitrogens with zero attached hydrogens (tertiary/aromatic N) is 1. The molecule has 1 aromatic rings. The van der Waals surface area contributed by atoms with Crippen LogP contribution in [0.25, 0.3) is 0 Å². The van der Waals surface area contributed by atoms with Gasteiger partial charge in [0.1, 0.15) is 18.2 Å². The third-order valence-corrected chi connectivity index (χ3v) is 3.70. The number of rotatable bonds is 3. The van der Waals surface area contributed by atoms with Crippen LogP contribution in [0, 0.1) is 5.82 Å². The lowest BCUT2D eigenvalue weighted by molar-refractivity contribution is 0.377. The van der Waals surface area contributed by atoms with Gasteiger partial charge in [0.15, 0.2) is 10.1 Å². The molecule has 0 aromatic heterocycles. The molecule has 0 radical (unpaired) electrons. The molecule has 1 aromatic carbocycles. The molecular weight excluding hydrogens is 247 g/mol. The lowest BCUT2D eigenvalue weighted by atomic mass is 10.3. The average Bonchev–Trinajstić information content (AvgIpc) is 2.54. The summed E-state index contributed by atoms with van der Waals surface area (Å²) in [4.78, 5) is 3.64. The van der Waals surface area contributed by atoms with Crippen LogP contribution in [0.15, 0.2) is 40.5 Å². The second-order valence-electron chi connectivity index (χ2n) is 3.30. The molecule has 0 saturated carbocycles. The Morgan fingerprint density at radius 3 is 2.47 bits per heavy atom. The monoisotopic (exact) mass is 256 g/mol. The fraction of sp³-hybridized carbons (Fsp3) is 0.100. The molecule has 1 aliphatic rings. The molecule has 0 saturated heterocycles. The van der Waals surface area contributed by atoms with E-state index in [4.69, 9.17) is 10.5 Å². The molecule has 0 amide bonds. The van der Waals surface area contributed by atoms with E-state index in [0.717, 1.165) is 6.20 Å². The van der Waals surface area contributed by atoms with E-state index in [-0.39, 0.29) is 16.7 Å². The number of ether oxygens (including phenoxy) is 1. The molecule has 0 atom stereocenters. The van der Waals surface area contributed by atoms with Crippen LogP contribution in [0.5, 0.6) is 5.75 Å². The van der Waals surface area contributed by atoms with Crippen molar-refractivity contribution in [2.24, 2.45) is 10.7 Å². The number of benzene rings is 1. The Labute approximate surface area is 97.3 Å². The molecule has 17 heavy (non-hydrogen) atoms. The number of halogens is 1. The van der Waals surface area contributed by atoms with Gasteiger partial charge in [-0.15, -0.1) is 0 Å². The van der Waals surface area contributed by atoms with Crippen LogP contribution in [0.1, 0.15) is 0 Å². The summed E-state index contributed by atoms with van der Waals surface area (Å²) in [6.07, 6.45) is 1.07. The zero-order valence-electron chi connectivity index (χ0n) is 8.63. The first-order valence-corrected chi connectivity index (χ1v) is 6.14. The highest BCUT2D eigenvalue weighted by Gasteiger charge is 2.27. The van der Waals surface area contributed by atoms with Crippen molar-refractivity contribution in [3.63, 3.8) is 0 Å². The first kappa shape index (κ1) is 11.6. The Balaban J connectivity index is 2.04. The summed E-state index contributed by atoms with van der Waals surface area (Å²) in [5.74, 6) is -0.0381. The summed E-state index contributed by atoms with van der Waals surface area (Å²) >= 11 is 0. The van der Waals surface area contributed by atoms with Gasteiger partial charge in [0.25, 0.3) is 0 Å². The van der Waals surface area contributed by atoms with Crippen molar-refractivity contribution in [1.82, 2.24) is 0 Å². The molecule has 1 heterocycles. The molecule has 90 valence electrons. The SMILES string of the molecule is NC1=CN=C(COc2ccc(F)cc2)S1(=O)=O. The summed E-state index contributed by atoms with van der Waals surface area (Å²) in [6, 6.07) is 5.22. The second-order valence-corrected chi connectivity index (χ2v) is 5.25. The zero-order valence-corrected chi connectivity index (χ0v) is 9.45. The standard InChI is InChI=1S/C10H9FN2O3S/c11-7-1-3-8(4-2-7)16-6-10-13-5-9(12)17(10,14)15/h1-5H,6,12H2. The molecule has 0 fully saturated rings. The minimum Gasteiger partial charge on any atom is -0.487 e. The average molecular weight is 256 g/mol. The Morgan fingerprint density at radius 2 is 1.94 bits per heavy atom. The number of hydrogen-bond donors (Lipinski definition) is 1. The molecule has 0 bridgehead atoms. The topological polar surface area (TPSA) is 81.8 Å². The second kappa shape index (κ2) is 4.17. The maximum atomic E-state index is 12.6. The van der Waals surface area contributed by atoms with Gasteiger partial charge < -0.3 is 10.5 Å². The molecular formula is C10H9FN2O3S. The Morgan fingerprint density at radius 1 is 1.29 bits per heavy atom. The number of hydrogen-bond acceptors (Lipinski definition) is 5. The highest BCUT2D eigenvalue weighted by atomic mass is 32.2. The fourth-order valence-electron chi connectivity index (χ4n) is 1.20. The summed E-state index contributed by atoms with van der Waals surface area (Å²) in [5, 5.41) is -0.450. The van der Waals surface area contributed by atoms with Gasteiger partial charge in [-0.05, 0) is 24.3 Å². The third kappa shape index (κ3) is 2.28. The van der Waals surface area contributed by atoms with Crippen LogP contribution in [0.2, 0.25) is 0 Å². The van der Waals surface area contributed by atoms with E-state index in [1.807, 2.05) is 0 Å². The van der Waals surface area contributed by atoms with Gasteiger partial charge in [0.2, 0.25) is 9.84 Å². The van der Waals surface area contributed by atoms with Crippen LogP contribution in [0.3, 0.4) is 0 Å². The van der Waals surface area contributed by atoms with Crippen molar-refractivity contribution in [3.05, 3.63) is 41.3 Å². The number of sulfone groups is 1. The molecule has 1 aliphatic heterocycles. The fourth-order valence-corrected chi connectivity index (χ4v) is 2.07. The Hall–Kier alpha value is -1.89. The smallest absolute Gasteiger partial charge is 0.239 e. The van der Waals surface area contributed by atoms with E-state index in [1.54, 1.807) is 0 Å². The number of nitrogens with two attached hydrogens (primary N) is 1. The van der Waals surface area contributed by atoms with Gasteiger partial charge in [-0.1, -0.05) is 0 Å². The Bertz CT molecular complexity index is 590. The van der Waals surface area contributed by atoms with E-state index in [2.05, 4.69) is 4.99 Å². The maximum absolute atomic E-state index is 12.6. The lowest BCUT2D eigenvalue weighted by Crippen LogP contribution is -2.23. The molecule has 0 unspecified atom stereocenters. The summed E-state index contributed by atoms with van der Waals surface area (Å²) < 4.78 is 40.8. The number of aliphatic imine (C=N–C) groups is 1. The molecule has 2 rings (SSSR count). The van der Waals surface area contributed by atoms with Crippen molar-refractivity contribution in [2.45, 2.75) is 0 Å². The van der Waals surface area contributed by atoms with Crippen molar-refractivity contribution in [2.75, 3.05) is 6.61 Å². The van der Waals surface area contributed by atoms with Gasteiger partial charge in [-0.2, -0.15) is 0 Å². The summed E-state index contributed by atoms with van der Waals surface area (Å²) in [6.45, 7) is -0.231. The van der Waals surface area contributed by atoms with Gasteiger partial charge in [0, 0.05) is 0 Å². The predicted molar refractivity (Wildman–Crippen MR) is 60.5 cm³/mol. The van der Waals surface area contributed by atoms with Crippen molar-refractivity contribution in [1.29, 1.82) is 0 Å². The van der Waals surface area contributed by atoms with Gasteiger partial charge in [0.05, 0.1) is 6.20 Å². The van der Waals surface area contributed by atoms with Crippen LogP contribution in [-0.4, -0.2) is 20.1 Å². The van der Waals surface area contributed by atoms with Crippen LogP contribution < -0.4 is 10.5 Å². The first-order valence-electron chi connectivity index (χ1n) is 4.66. The first-order chi connectivity index (χ1) is 8.00. The Kier molecular flexibility index (Phi) is 2.84. The van der Waals surface area contributed by atoms with Gasteiger partial charge in [-0.3, -0.25) is 0 Å². The van der Waals surface area contributed by atoms with E-state index in [9.17, 15) is 12.8 Å². The highest BCUT2D eigenvalue weighted by molar-refractivity contribution is 8.10. The third-order valence-electron chi connectivity index (χ3n) is 2.13. The van der Waals surface area contributed by atoms with Crippen LogP contribution in [0.4, 0.5) is 4.39 Å². The molecule has 5 nitrogen and oxygen atoms in total. The van der Waals surface area contributed by atoms with E-state index in [0.29, 0.717) is 5.75 Å². The van der Waals surface area contributed by atoms with Crippen molar-refractivity contribution in [3.8, 4) is 5.75 Å². The molecule has 7 heteroatoms. The maximum Gasteiger partial charge on any atom is 0.239 e. The molecule has 0 aliphatic carbocycles. The van der Waals surface area contributed by atoms with Crippen molar-refractivity contribution < 1.29 is 17.5 Å². The lowest BCUT2D eigenvalue weighted by Gasteiger charge is -2.06. The van der Waals surface area contributed by atoms with E-state index >= 15 is 0 Å². The van der Waals surface area contributed by atoms with E-state index < -0.39 is 15.7 Å². The van der Waals surface area contributed by atoms with Crippen LogP contribution in [-0.2, 0) is 9.84 Å². The quantitative estimate of drug-likeness (QED) is 0.866. The minimum absolute atomic E-state index is 0.153. The predicted octanol–water partition coefficient (Wildman–Crippen LogP) is 0.789. The summed E-state index contributed by atoms with van der Waals surface area (Å²) in [7, 11) is -3.65. The van der Waals surface area contributed by atoms with Gasteiger partial charge >= 0.3 is 0 Å². The van der Waals surface area contributed by atoms with Gasteiger partial charge in [-0.25, -0.2) is 17.8 Å². The zero-order chi connectivity index (χ0) is 12.5.